The van der Waals surface area contributed by atoms with Crippen LogP contribution in [0.5, 0.6) is 0 Å². The van der Waals surface area contributed by atoms with Crippen LogP contribution in [0.25, 0.3) is 10.9 Å². The van der Waals surface area contributed by atoms with Crippen molar-refractivity contribution in [2.24, 2.45) is 0 Å². The van der Waals surface area contributed by atoms with Gasteiger partial charge in [0.1, 0.15) is 0 Å². The highest BCUT2D eigenvalue weighted by Crippen LogP contribution is 2.37. The summed E-state index contributed by atoms with van der Waals surface area (Å²) in [5.41, 5.74) is -1.69. The number of H-pyrrole nitrogens is 1. The minimum Gasteiger partial charge on any atom is -0.384 e. The number of aromatic amines is 1. The predicted octanol–water partition coefficient (Wildman–Crippen LogP) is 3.83. The third kappa shape index (κ3) is 4.05. The standard InChI is InChI=1S/C17H16F6N2O2/c18-16(19,20)12-8-15(27)24-13-4-3-10(6-11(12)13)25-5-1-2-9(25)7-14(26)17(21,22)23/h3-4,6,8-9,14,26H,1-2,5,7H2,(H,24,27)/t9-,14-/m1/s1. The lowest BCUT2D eigenvalue weighted by Crippen LogP contribution is -2.38. The van der Waals surface area contributed by atoms with Crippen molar-refractivity contribution in [1.29, 1.82) is 0 Å². The van der Waals surface area contributed by atoms with Gasteiger partial charge >= 0.3 is 12.4 Å². The van der Waals surface area contributed by atoms with Crippen LogP contribution in [-0.2, 0) is 6.18 Å². The Labute approximate surface area is 149 Å². The molecule has 0 aliphatic carbocycles. The van der Waals surface area contributed by atoms with Crippen LogP contribution in [0.1, 0.15) is 24.8 Å². The van der Waals surface area contributed by atoms with E-state index < -0.39 is 42.0 Å². The smallest absolute Gasteiger partial charge is 0.384 e. The minimum absolute atomic E-state index is 0.00959. The highest BCUT2D eigenvalue weighted by atomic mass is 19.4. The zero-order valence-corrected chi connectivity index (χ0v) is 13.9. The summed E-state index contributed by atoms with van der Waals surface area (Å²) in [6.07, 6.45) is -11.6. The van der Waals surface area contributed by atoms with Crippen LogP contribution in [-0.4, -0.2) is 35.0 Å². The average molecular weight is 394 g/mol. The first-order valence-electron chi connectivity index (χ1n) is 8.22. The fraction of sp³-hybridized carbons (Fsp3) is 0.471. The van der Waals surface area contributed by atoms with E-state index in [9.17, 15) is 36.2 Å². The Kier molecular flexibility index (Phi) is 4.87. The number of aliphatic hydroxyl groups is 1. The second-order valence-corrected chi connectivity index (χ2v) is 6.56. The number of halogens is 6. The molecule has 1 aliphatic rings. The van der Waals surface area contributed by atoms with Gasteiger partial charge in [-0.2, -0.15) is 26.3 Å². The molecule has 0 radical (unpaired) electrons. The fourth-order valence-corrected chi connectivity index (χ4v) is 3.47. The SMILES string of the molecule is O=c1cc(C(F)(F)F)c2cc(N3CCC[C@@H]3C[C@@H](O)C(F)(F)F)ccc2[nH]1. The minimum atomic E-state index is -4.75. The maximum Gasteiger partial charge on any atom is 0.417 e. The molecule has 1 fully saturated rings. The third-order valence-corrected chi connectivity index (χ3v) is 4.71. The van der Waals surface area contributed by atoms with Gasteiger partial charge in [0.25, 0.3) is 0 Å². The number of hydrogen-bond acceptors (Lipinski definition) is 3. The molecule has 0 spiro atoms. The maximum absolute atomic E-state index is 13.3. The van der Waals surface area contributed by atoms with Gasteiger partial charge in [-0.05, 0) is 31.0 Å². The fourth-order valence-electron chi connectivity index (χ4n) is 3.47. The van der Waals surface area contributed by atoms with Crippen LogP contribution in [0, 0.1) is 0 Å². The van der Waals surface area contributed by atoms with Crippen molar-refractivity contribution in [3.05, 3.63) is 40.2 Å². The summed E-state index contributed by atoms with van der Waals surface area (Å²) in [6, 6.07) is 3.79. The molecule has 2 heterocycles. The highest BCUT2D eigenvalue weighted by molar-refractivity contribution is 5.86. The Hall–Kier alpha value is -2.23. The Morgan fingerprint density at radius 3 is 2.52 bits per heavy atom. The Morgan fingerprint density at radius 2 is 1.89 bits per heavy atom. The molecule has 1 aromatic heterocycles. The number of nitrogens with one attached hydrogen (secondary N) is 1. The molecular weight excluding hydrogens is 378 g/mol. The van der Waals surface area contributed by atoms with E-state index in [0.717, 1.165) is 0 Å². The van der Waals surface area contributed by atoms with E-state index in [-0.39, 0.29) is 10.9 Å². The Morgan fingerprint density at radius 1 is 1.19 bits per heavy atom. The lowest BCUT2D eigenvalue weighted by molar-refractivity contribution is -0.206. The molecule has 148 valence electrons. The molecule has 1 saturated heterocycles. The van der Waals surface area contributed by atoms with E-state index in [1.54, 1.807) is 4.90 Å². The number of fused-ring (bicyclic) bond motifs is 1. The van der Waals surface area contributed by atoms with Gasteiger partial charge in [0.2, 0.25) is 5.56 Å². The van der Waals surface area contributed by atoms with Gasteiger partial charge in [0, 0.05) is 41.7 Å². The molecule has 0 unspecified atom stereocenters. The molecule has 1 aliphatic heterocycles. The van der Waals surface area contributed by atoms with E-state index in [1.165, 1.54) is 18.2 Å². The number of rotatable bonds is 3. The zero-order valence-electron chi connectivity index (χ0n) is 13.9. The number of aliphatic hydroxyl groups excluding tert-OH is 1. The van der Waals surface area contributed by atoms with Gasteiger partial charge in [0.15, 0.2) is 6.10 Å². The van der Waals surface area contributed by atoms with E-state index in [2.05, 4.69) is 4.98 Å². The quantitative estimate of drug-likeness (QED) is 0.779. The molecule has 3 rings (SSSR count). The zero-order chi connectivity index (χ0) is 20.0. The van der Waals surface area contributed by atoms with Crippen LogP contribution in [0.2, 0.25) is 0 Å². The number of nitrogens with zero attached hydrogens (tertiary/aromatic N) is 1. The number of hydrogen-bond donors (Lipinski definition) is 2. The summed E-state index contributed by atoms with van der Waals surface area (Å²) in [6.45, 7) is 0.367. The number of pyridine rings is 1. The molecule has 2 aromatic rings. The molecule has 0 amide bonds. The summed E-state index contributed by atoms with van der Waals surface area (Å²) in [5.74, 6) is 0. The number of benzene rings is 1. The van der Waals surface area contributed by atoms with Crippen molar-refractivity contribution in [1.82, 2.24) is 4.98 Å². The molecule has 2 atom stereocenters. The van der Waals surface area contributed by atoms with Crippen molar-refractivity contribution in [3.63, 3.8) is 0 Å². The first kappa shape index (κ1) is 19.5. The number of alkyl halides is 6. The first-order chi connectivity index (χ1) is 12.5. The molecule has 10 heteroatoms. The summed E-state index contributed by atoms with van der Waals surface area (Å²) < 4.78 is 77.7. The van der Waals surface area contributed by atoms with Crippen molar-refractivity contribution < 1.29 is 31.4 Å². The molecule has 1 aromatic carbocycles. The highest BCUT2D eigenvalue weighted by Gasteiger charge is 2.41. The van der Waals surface area contributed by atoms with Gasteiger partial charge in [0.05, 0.1) is 5.56 Å². The molecule has 0 bridgehead atoms. The summed E-state index contributed by atoms with van der Waals surface area (Å²) in [5, 5.41) is 9.09. The normalized spacial score (nSPS) is 19.7. The van der Waals surface area contributed by atoms with Gasteiger partial charge < -0.3 is 15.0 Å². The van der Waals surface area contributed by atoms with Crippen LogP contribution in [0.15, 0.2) is 29.1 Å². The van der Waals surface area contributed by atoms with E-state index in [4.69, 9.17) is 0 Å². The molecular formula is C17H16F6N2O2. The van der Waals surface area contributed by atoms with Crippen LogP contribution in [0.3, 0.4) is 0 Å². The molecule has 0 saturated carbocycles. The van der Waals surface area contributed by atoms with Crippen LogP contribution in [0.4, 0.5) is 32.0 Å². The largest absolute Gasteiger partial charge is 0.417 e. The molecule has 2 N–H and O–H groups in total. The van der Waals surface area contributed by atoms with E-state index in [0.29, 0.717) is 31.1 Å². The second-order valence-electron chi connectivity index (χ2n) is 6.56. The predicted molar refractivity (Wildman–Crippen MR) is 86.6 cm³/mol. The van der Waals surface area contributed by atoms with Crippen molar-refractivity contribution in [2.45, 2.75) is 43.8 Å². The van der Waals surface area contributed by atoms with Crippen molar-refractivity contribution >= 4 is 16.6 Å². The van der Waals surface area contributed by atoms with Crippen molar-refractivity contribution in [2.75, 3.05) is 11.4 Å². The van der Waals surface area contributed by atoms with E-state index >= 15 is 0 Å². The van der Waals surface area contributed by atoms with Gasteiger partial charge in [-0.3, -0.25) is 4.79 Å². The number of anilines is 1. The van der Waals surface area contributed by atoms with E-state index in [1.807, 2.05) is 0 Å². The Balaban J connectivity index is 1.99. The number of aromatic nitrogens is 1. The van der Waals surface area contributed by atoms with Gasteiger partial charge in [-0.15, -0.1) is 0 Å². The summed E-state index contributed by atoms with van der Waals surface area (Å²) in [7, 11) is 0. The summed E-state index contributed by atoms with van der Waals surface area (Å²) in [4.78, 5) is 15.3. The first-order valence-corrected chi connectivity index (χ1v) is 8.22. The van der Waals surface area contributed by atoms with Gasteiger partial charge in [-0.1, -0.05) is 0 Å². The monoisotopic (exact) mass is 394 g/mol. The average Bonchev–Trinajstić information content (AvgIpc) is 3.00. The lowest BCUT2D eigenvalue weighted by atomic mass is 10.0. The topological polar surface area (TPSA) is 56.3 Å². The maximum atomic E-state index is 13.3. The molecule has 27 heavy (non-hydrogen) atoms. The van der Waals surface area contributed by atoms with Crippen LogP contribution < -0.4 is 10.5 Å². The van der Waals surface area contributed by atoms with Gasteiger partial charge in [-0.25, -0.2) is 0 Å². The summed E-state index contributed by atoms with van der Waals surface area (Å²) >= 11 is 0. The van der Waals surface area contributed by atoms with Crippen molar-refractivity contribution in [3.8, 4) is 0 Å². The van der Waals surface area contributed by atoms with Crippen LogP contribution >= 0.6 is 0 Å². The lowest BCUT2D eigenvalue weighted by Gasteiger charge is -2.29. The second kappa shape index (κ2) is 6.74. The third-order valence-electron chi connectivity index (χ3n) is 4.71. The Bertz CT molecular complexity index is 890. The molecule has 4 nitrogen and oxygen atoms in total.